The van der Waals surface area contributed by atoms with Crippen molar-refractivity contribution in [3.63, 3.8) is 0 Å². The molecule has 0 aliphatic carbocycles. The van der Waals surface area contributed by atoms with Crippen LogP contribution < -0.4 is 0 Å². The quantitative estimate of drug-likeness (QED) is 0.430. The first-order valence-corrected chi connectivity index (χ1v) is 3.63. The zero-order valence-corrected chi connectivity index (χ0v) is 7.51. The molecule has 0 rings (SSSR count). The monoisotopic (exact) mass is 143 g/mol. The summed E-state index contributed by atoms with van der Waals surface area (Å²) in [5.41, 5.74) is -0.161. The summed E-state index contributed by atoms with van der Waals surface area (Å²) in [4.78, 5) is 5.11. The second-order valence-corrected chi connectivity index (χ2v) is 3.70. The van der Waals surface area contributed by atoms with Crippen molar-refractivity contribution in [2.45, 2.75) is 40.2 Å². The van der Waals surface area contributed by atoms with E-state index in [2.05, 4.69) is 19.0 Å². The lowest BCUT2D eigenvalue weighted by Gasteiger charge is -2.14. The summed E-state index contributed by atoms with van der Waals surface area (Å²) >= 11 is 0. The minimum absolute atomic E-state index is 0.161. The Morgan fingerprint density at radius 2 is 1.80 bits per heavy atom. The molecule has 60 valence electrons. The van der Waals surface area contributed by atoms with Crippen molar-refractivity contribution in [1.82, 2.24) is 0 Å². The zero-order chi connectivity index (χ0) is 8.20. The second kappa shape index (κ2) is 3.59. The van der Waals surface area contributed by atoms with Crippen molar-refractivity contribution in [3.05, 3.63) is 0 Å². The van der Waals surface area contributed by atoms with E-state index >= 15 is 0 Å². The molecule has 2 nitrogen and oxygen atoms in total. The number of hydrogen-bond acceptors (Lipinski definition) is 2. The molecule has 0 bridgehead atoms. The molecular weight excluding hydrogens is 126 g/mol. The molecule has 0 unspecified atom stereocenters. The first-order valence-electron chi connectivity index (χ1n) is 3.63. The van der Waals surface area contributed by atoms with Crippen LogP contribution in [0, 0.1) is 5.92 Å². The molecule has 10 heavy (non-hydrogen) atoms. The summed E-state index contributed by atoms with van der Waals surface area (Å²) in [6.45, 7) is 10.1. The lowest BCUT2D eigenvalue weighted by atomic mass is 10.2. The molecule has 0 aliphatic rings. The average molecular weight is 143 g/mol. The van der Waals surface area contributed by atoms with Gasteiger partial charge < -0.3 is 4.84 Å². The summed E-state index contributed by atoms with van der Waals surface area (Å²) < 4.78 is 0. The predicted molar refractivity (Wildman–Crippen MR) is 44.2 cm³/mol. The van der Waals surface area contributed by atoms with Crippen LogP contribution in [0.25, 0.3) is 0 Å². The van der Waals surface area contributed by atoms with Gasteiger partial charge in [-0.25, -0.2) is 0 Å². The van der Waals surface area contributed by atoms with Crippen molar-refractivity contribution < 1.29 is 4.84 Å². The van der Waals surface area contributed by atoms with Crippen molar-refractivity contribution in [2.24, 2.45) is 11.1 Å². The lowest BCUT2D eigenvalue weighted by Crippen LogP contribution is -2.15. The van der Waals surface area contributed by atoms with Crippen LogP contribution in [0.1, 0.15) is 34.6 Å². The van der Waals surface area contributed by atoms with Crippen molar-refractivity contribution in [3.8, 4) is 0 Å². The fourth-order valence-corrected chi connectivity index (χ4v) is 0.310. The number of nitrogens with zero attached hydrogens (tertiary/aromatic N) is 1. The van der Waals surface area contributed by atoms with Gasteiger partial charge in [-0.3, -0.25) is 0 Å². The van der Waals surface area contributed by atoms with E-state index in [1.54, 1.807) is 6.21 Å². The van der Waals surface area contributed by atoms with Gasteiger partial charge in [0.1, 0.15) is 5.60 Å². The average Bonchev–Trinajstić information content (AvgIpc) is 1.59. The van der Waals surface area contributed by atoms with Gasteiger partial charge in [0, 0.05) is 6.21 Å². The lowest BCUT2D eigenvalue weighted by molar-refractivity contribution is 0.00129. The zero-order valence-electron chi connectivity index (χ0n) is 7.51. The number of hydrogen-bond donors (Lipinski definition) is 0. The van der Waals surface area contributed by atoms with Gasteiger partial charge in [-0.1, -0.05) is 19.0 Å². The molecule has 0 aromatic heterocycles. The fraction of sp³-hybridized carbons (Fsp3) is 0.875. The van der Waals surface area contributed by atoms with E-state index in [0.717, 1.165) is 0 Å². The predicted octanol–water partition coefficient (Wildman–Crippen LogP) is 2.44. The summed E-state index contributed by atoms with van der Waals surface area (Å²) in [6.07, 6.45) is 1.80. The molecule has 0 amide bonds. The second-order valence-electron chi connectivity index (χ2n) is 3.70. The van der Waals surface area contributed by atoms with Crippen LogP contribution in [0.3, 0.4) is 0 Å². The summed E-state index contributed by atoms with van der Waals surface area (Å²) in [5.74, 6) is 0.461. The Morgan fingerprint density at radius 1 is 1.30 bits per heavy atom. The SMILES string of the molecule is CC(C)C=NOC(C)(C)C. The van der Waals surface area contributed by atoms with Crippen LogP contribution in [0.2, 0.25) is 0 Å². The van der Waals surface area contributed by atoms with E-state index in [9.17, 15) is 0 Å². The first-order chi connectivity index (χ1) is 4.42. The Kier molecular flexibility index (Phi) is 3.40. The van der Waals surface area contributed by atoms with Crippen LogP contribution >= 0.6 is 0 Å². The highest BCUT2D eigenvalue weighted by atomic mass is 16.6. The largest absolute Gasteiger partial charge is 0.390 e. The van der Waals surface area contributed by atoms with Crippen LogP contribution in [-0.2, 0) is 4.84 Å². The summed E-state index contributed by atoms with van der Waals surface area (Å²) in [7, 11) is 0. The van der Waals surface area contributed by atoms with Gasteiger partial charge in [-0.15, -0.1) is 0 Å². The highest BCUT2D eigenvalue weighted by Gasteiger charge is 2.08. The Morgan fingerprint density at radius 3 is 2.10 bits per heavy atom. The van der Waals surface area contributed by atoms with E-state index in [0.29, 0.717) is 5.92 Å². The number of oxime groups is 1. The molecular formula is C8H17NO. The Bertz CT molecular complexity index is 111. The normalized spacial score (nSPS) is 13.0. The van der Waals surface area contributed by atoms with Gasteiger partial charge in [0.25, 0.3) is 0 Å². The van der Waals surface area contributed by atoms with E-state index in [1.165, 1.54) is 0 Å². The van der Waals surface area contributed by atoms with Gasteiger partial charge in [0.05, 0.1) is 0 Å². The fourth-order valence-electron chi connectivity index (χ4n) is 0.310. The van der Waals surface area contributed by atoms with Gasteiger partial charge in [-0.05, 0) is 26.7 Å². The van der Waals surface area contributed by atoms with Crippen LogP contribution in [0.15, 0.2) is 5.16 Å². The smallest absolute Gasteiger partial charge is 0.129 e. The Hall–Kier alpha value is -0.530. The molecule has 2 heteroatoms. The maximum Gasteiger partial charge on any atom is 0.129 e. The molecule has 0 saturated heterocycles. The van der Waals surface area contributed by atoms with Crippen LogP contribution in [0.5, 0.6) is 0 Å². The minimum Gasteiger partial charge on any atom is -0.390 e. The number of rotatable bonds is 2. The highest BCUT2D eigenvalue weighted by Crippen LogP contribution is 2.06. The Balaban J connectivity index is 3.54. The standard InChI is InChI=1S/C8H17NO/c1-7(2)6-9-10-8(3,4)5/h6-7H,1-5H3. The third-order valence-electron chi connectivity index (χ3n) is 0.686. The van der Waals surface area contributed by atoms with Gasteiger partial charge in [-0.2, -0.15) is 0 Å². The summed E-state index contributed by atoms with van der Waals surface area (Å²) in [5, 5.41) is 3.82. The maximum absolute atomic E-state index is 5.11. The third-order valence-corrected chi connectivity index (χ3v) is 0.686. The van der Waals surface area contributed by atoms with E-state index in [-0.39, 0.29) is 5.60 Å². The first kappa shape index (κ1) is 9.47. The molecule has 0 spiro atoms. The molecule has 0 aromatic carbocycles. The van der Waals surface area contributed by atoms with Gasteiger partial charge in [0.2, 0.25) is 0 Å². The molecule has 0 radical (unpaired) electrons. The molecule has 0 N–H and O–H groups in total. The summed E-state index contributed by atoms with van der Waals surface area (Å²) in [6, 6.07) is 0. The van der Waals surface area contributed by atoms with Gasteiger partial charge in [0.15, 0.2) is 0 Å². The highest BCUT2D eigenvalue weighted by molar-refractivity contribution is 5.58. The maximum atomic E-state index is 5.11. The van der Waals surface area contributed by atoms with E-state index < -0.39 is 0 Å². The van der Waals surface area contributed by atoms with Crippen LogP contribution in [0.4, 0.5) is 0 Å². The van der Waals surface area contributed by atoms with Crippen molar-refractivity contribution in [1.29, 1.82) is 0 Å². The molecule has 0 atom stereocenters. The molecule has 0 saturated carbocycles. The van der Waals surface area contributed by atoms with E-state index in [4.69, 9.17) is 4.84 Å². The van der Waals surface area contributed by atoms with Crippen LogP contribution in [-0.4, -0.2) is 11.8 Å². The third kappa shape index (κ3) is 7.47. The van der Waals surface area contributed by atoms with E-state index in [1.807, 2.05) is 20.8 Å². The molecule has 0 aromatic rings. The van der Waals surface area contributed by atoms with Crippen molar-refractivity contribution in [2.75, 3.05) is 0 Å². The minimum atomic E-state index is -0.161. The Labute approximate surface area is 63.3 Å². The van der Waals surface area contributed by atoms with Crippen molar-refractivity contribution >= 4 is 6.21 Å². The molecule has 0 aliphatic heterocycles. The molecule has 0 fully saturated rings. The molecule has 0 heterocycles. The van der Waals surface area contributed by atoms with Gasteiger partial charge >= 0.3 is 0 Å². The topological polar surface area (TPSA) is 21.6 Å².